The van der Waals surface area contributed by atoms with Gasteiger partial charge in [-0.05, 0) is 24.2 Å². The van der Waals surface area contributed by atoms with Crippen molar-refractivity contribution in [2.24, 2.45) is 0 Å². The SMILES string of the molecule is CCNC(c1cncc(F)c1)c1cccc(OC)c1F. The number of methoxy groups -OCH3 is 1. The van der Waals surface area contributed by atoms with Gasteiger partial charge in [0, 0.05) is 11.8 Å². The van der Waals surface area contributed by atoms with E-state index in [1.54, 1.807) is 18.2 Å². The third-order valence-corrected chi connectivity index (χ3v) is 2.99. The molecule has 0 bridgehead atoms. The van der Waals surface area contributed by atoms with Crippen molar-refractivity contribution in [1.29, 1.82) is 0 Å². The van der Waals surface area contributed by atoms with Crippen molar-refractivity contribution < 1.29 is 13.5 Å². The highest BCUT2D eigenvalue weighted by molar-refractivity contribution is 5.37. The van der Waals surface area contributed by atoms with Gasteiger partial charge in [-0.25, -0.2) is 8.78 Å². The summed E-state index contributed by atoms with van der Waals surface area (Å²) >= 11 is 0. The van der Waals surface area contributed by atoms with Gasteiger partial charge in [0.1, 0.15) is 5.82 Å². The number of nitrogens with zero attached hydrogens (tertiary/aromatic N) is 1. The number of hydrogen-bond donors (Lipinski definition) is 1. The topological polar surface area (TPSA) is 34.2 Å². The van der Waals surface area contributed by atoms with Gasteiger partial charge in [-0.2, -0.15) is 0 Å². The van der Waals surface area contributed by atoms with E-state index in [-0.39, 0.29) is 5.75 Å². The van der Waals surface area contributed by atoms with Crippen LogP contribution in [0.1, 0.15) is 24.1 Å². The summed E-state index contributed by atoms with van der Waals surface area (Å²) in [6, 6.07) is 5.77. The lowest BCUT2D eigenvalue weighted by molar-refractivity contribution is 0.381. The zero-order valence-electron chi connectivity index (χ0n) is 11.4. The molecule has 20 heavy (non-hydrogen) atoms. The van der Waals surface area contributed by atoms with E-state index in [2.05, 4.69) is 10.3 Å². The molecule has 0 amide bonds. The van der Waals surface area contributed by atoms with Crippen LogP contribution in [0.15, 0.2) is 36.7 Å². The van der Waals surface area contributed by atoms with E-state index >= 15 is 0 Å². The lowest BCUT2D eigenvalue weighted by Gasteiger charge is -2.20. The van der Waals surface area contributed by atoms with Crippen molar-refractivity contribution in [2.75, 3.05) is 13.7 Å². The molecule has 0 aliphatic rings. The zero-order chi connectivity index (χ0) is 14.5. The predicted molar refractivity (Wildman–Crippen MR) is 72.7 cm³/mol. The van der Waals surface area contributed by atoms with Crippen LogP contribution in [-0.4, -0.2) is 18.6 Å². The standard InChI is InChI=1S/C15H16F2N2O/c1-3-19-15(10-7-11(16)9-18-8-10)12-5-4-6-13(20-2)14(12)17/h4-9,15,19H,3H2,1-2H3. The first-order valence-electron chi connectivity index (χ1n) is 6.33. The van der Waals surface area contributed by atoms with Crippen molar-refractivity contribution in [1.82, 2.24) is 10.3 Å². The molecule has 0 spiro atoms. The summed E-state index contributed by atoms with van der Waals surface area (Å²) in [7, 11) is 1.41. The Hall–Kier alpha value is -2.01. The van der Waals surface area contributed by atoms with Gasteiger partial charge in [0.2, 0.25) is 0 Å². The molecule has 0 saturated carbocycles. The second kappa shape index (κ2) is 6.43. The Morgan fingerprint density at radius 2 is 2.10 bits per heavy atom. The average molecular weight is 278 g/mol. The van der Waals surface area contributed by atoms with Crippen LogP contribution in [0.3, 0.4) is 0 Å². The maximum atomic E-state index is 14.4. The van der Waals surface area contributed by atoms with E-state index in [4.69, 9.17) is 4.74 Å². The number of benzene rings is 1. The van der Waals surface area contributed by atoms with Crippen LogP contribution in [0, 0.1) is 11.6 Å². The summed E-state index contributed by atoms with van der Waals surface area (Å²) in [4.78, 5) is 3.82. The Labute approximate surface area is 116 Å². The number of halogens is 2. The fraction of sp³-hybridized carbons (Fsp3) is 0.267. The lowest BCUT2D eigenvalue weighted by atomic mass is 9.99. The monoisotopic (exact) mass is 278 g/mol. The van der Waals surface area contributed by atoms with Crippen molar-refractivity contribution >= 4 is 0 Å². The van der Waals surface area contributed by atoms with Gasteiger partial charge >= 0.3 is 0 Å². The van der Waals surface area contributed by atoms with Gasteiger partial charge < -0.3 is 10.1 Å². The summed E-state index contributed by atoms with van der Waals surface area (Å²) < 4.78 is 32.7. The van der Waals surface area contributed by atoms with E-state index in [1.165, 1.54) is 19.4 Å². The molecule has 2 rings (SSSR count). The Balaban J connectivity index is 2.48. The number of nitrogens with one attached hydrogen (secondary N) is 1. The third-order valence-electron chi connectivity index (χ3n) is 2.99. The Kier molecular flexibility index (Phi) is 4.63. The van der Waals surface area contributed by atoms with Gasteiger partial charge in [-0.1, -0.05) is 19.1 Å². The summed E-state index contributed by atoms with van der Waals surface area (Å²) in [5.74, 6) is -0.742. The molecule has 2 aromatic rings. The minimum atomic E-state index is -0.474. The van der Waals surface area contributed by atoms with Gasteiger partial charge in [-0.15, -0.1) is 0 Å². The quantitative estimate of drug-likeness (QED) is 0.912. The van der Waals surface area contributed by atoms with Crippen molar-refractivity contribution in [2.45, 2.75) is 13.0 Å². The van der Waals surface area contributed by atoms with Crippen LogP contribution in [0.5, 0.6) is 5.75 Å². The molecule has 3 nitrogen and oxygen atoms in total. The van der Waals surface area contributed by atoms with Crippen LogP contribution in [0.2, 0.25) is 0 Å². The van der Waals surface area contributed by atoms with E-state index < -0.39 is 17.7 Å². The number of hydrogen-bond acceptors (Lipinski definition) is 3. The molecule has 0 saturated heterocycles. The van der Waals surface area contributed by atoms with E-state index in [0.29, 0.717) is 17.7 Å². The maximum absolute atomic E-state index is 14.4. The minimum Gasteiger partial charge on any atom is -0.494 e. The summed E-state index contributed by atoms with van der Waals surface area (Å²) in [5, 5.41) is 3.13. The first kappa shape index (κ1) is 14.4. The lowest BCUT2D eigenvalue weighted by Crippen LogP contribution is -2.23. The van der Waals surface area contributed by atoms with E-state index in [0.717, 1.165) is 6.20 Å². The zero-order valence-corrected chi connectivity index (χ0v) is 11.4. The van der Waals surface area contributed by atoms with E-state index in [1.807, 2.05) is 6.92 Å². The van der Waals surface area contributed by atoms with Crippen LogP contribution >= 0.6 is 0 Å². The second-order valence-electron chi connectivity index (χ2n) is 4.29. The van der Waals surface area contributed by atoms with Crippen molar-refractivity contribution in [3.05, 3.63) is 59.4 Å². The van der Waals surface area contributed by atoms with Gasteiger partial charge in [0.15, 0.2) is 11.6 Å². The van der Waals surface area contributed by atoms with E-state index in [9.17, 15) is 8.78 Å². The number of pyridine rings is 1. The molecule has 1 unspecified atom stereocenters. The number of ether oxygens (including phenoxy) is 1. The molecule has 1 aromatic heterocycles. The fourth-order valence-electron chi connectivity index (χ4n) is 2.11. The van der Waals surface area contributed by atoms with Crippen LogP contribution in [-0.2, 0) is 0 Å². The molecule has 1 aromatic carbocycles. The van der Waals surface area contributed by atoms with Gasteiger partial charge in [0.05, 0.1) is 19.3 Å². The first-order chi connectivity index (χ1) is 9.67. The van der Waals surface area contributed by atoms with Crippen molar-refractivity contribution in [3.63, 3.8) is 0 Å². The molecule has 5 heteroatoms. The molecule has 1 N–H and O–H groups in total. The molecule has 0 aliphatic heterocycles. The first-order valence-corrected chi connectivity index (χ1v) is 6.33. The number of aromatic nitrogens is 1. The molecule has 0 radical (unpaired) electrons. The summed E-state index contributed by atoms with van der Waals surface area (Å²) in [6.07, 6.45) is 2.64. The van der Waals surface area contributed by atoms with Gasteiger partial charge in [0.25, 0.3) is 0 Å². The summed E-state index contributed by atoms with van der Waals surface area (Å²) in [6.45, 7) is 2.51. The summed E-state index contributed by atoms with van der Waals surface area (Å²) in [5.41, 5.74) is 0.970. The molecule has 1 heterocycles. The molecule has 106 valence electrons. The van der Waals surface area contributed by atoms with Crippen LogP contribution < -0.4 is 10.1 Å². The molecule has 0 fully saturated rings. The normalized spacial score (nSPS) is 12.2. The average Bonchev–Trinajstić information content (AvgIpc) is 2.45. The van der Waals surface area contributed by atoms with Crippen LogP contribution in [0.4, 0.5) is 8.78 Å². The van der Waals surface area contributed by atoms with Gasteiger partial charge in [-0.3, -0.25) is 4.98 Å². The highest BCUT2D eigenvalue weighted by Crippen LogP contribution is 2.29. The largest absolute Gasteiger partial charge is 0.494 e. The predicted octanol–water partition coefficient (Wildman–Crippen LogP) is 3.07. The molecule has 1 atom stereocenters. The highest BCUT2D eigenvalue weighted by atomic mass is 19.1. The Bertz CT molecular complexity index is 590. The minimum absolute atomic E-state index is 0.162. The van der Waals surface area contributed by atoms with Crippen molar-refractivity contribution in [3.8, 4) is 5.75 Å². The third kappa shape index (κ3) is 2.93. The fourth-order valence-corrected chi connectivity index (χ4v) is 2.11. The van der Waals surface area contributed by atoms with Crippen LogP contribution in [0.25, 0.3) is 0 Å². The smallest absolute Gasteiger partial charge is 0.170 e. The molecule has 0 aliphatic carbocycles. The Morgan fingerprint density at radius 3 is 2.75 bits per heavy atom. The molecular weight excluding hydrogens is 262 g/mol. The number of rotatable bonds is 5. The highest BCUT2D eigenvalue weighted by Gasteiger charge is 2.20. The Morgan fingerprint density at radius 1 is 1.30 bits per heavy atom. The maximum Gasteiger partial charge on any atom is 0.170 e. The molecular formula is C15H16F2N2O. The second-order valence-corrected chi connectivity index (χ2v) is 4.29.